The summed E-state index contributed by atoms with van der Waals surface area (Å²) in [5.41, 5.74) is 0.0496. The fourth-order valence-corrected chi connectivity index (χ4v) is 6.25. The molecule has 122 valence electrons. The number of benzene rings is 1. The van der Waals surface area contributed by atoms with Crippen LogP contribution in [0.3, 0.4) is 0 Å². The van der Waals surface area contributed by atoms with E-state index < -0.39 is 21.7 Å². The highest BCUT2D eigenvalue weighted by Crippen LogP contribution is 2.53. The Labute approximate surface area is 130 Å². The molecule has 1 heterocycles. The highest BCUT2D eigenvalue weighted by Gasteiger charge is 2.53. The molecule has 0 radical (unpaired) electrons. The van der Waals surface area contributed by atoms with Gasteiger partial charge in [0.25, 0.3) is 0 Å². The monoisotopic (exact) mass is 329 g/mol. The molecule has 1 aromatic rings. The molecule has 0 aromatic heterocycles. The normalized spacial score (nSPS) is 31.4. The average Bonchev–Trinajstić information content (AvgIpc) is 2.62. The molecule has 1 aromatic carbocycles. The van der Waals surface area contributed by atoms with Gasteiger partial charge in [-0.15, -0.1) is 0 Å². The maximum atomic E-state index is 13.4. The van der Waals surface area contributed by atoms with Crippen molar-refractivity contribution in [2.45, 2.75) is 51.0 Å². The molecule has 2 fully saturated rings. The van der Waals surface area contributed by atoms with Gasteiger partial charge in [0.2, 0.25) is 10.0 Å². The van der Waals surface area contributed by atoms with Crippen molar-refractivity contribution in [3.8, 4) is 0 Å². The van der Waals surface area contributed by atoms with Crippen molar-refractivity contribution in [2.24, 2.45) is 10.8 Å². The van der Waals surface area contributed by atoms with Crippen LogP contribution in [-0.4, -0.2) is 25.3 Å². The number of hydrogen-bond donors (Lipinski definition) is 0. The van der Waals surface area contributed by atoms with Crippen LogP contribution in [0, 0.1) is 22.5 Å². The Morgan fingerprint density at radius 3 is 2.45 bits per heavy atom. The van der Waals surface area contributed by atoms with Gasteiger partial charge in [-0.1, -0.05) is 20.8 Å². The molecular weight excluding hydrogens is 308 g/mol. The van der Waals surface area contributed by atoms with Crippen molar-refractivity contribution < 1.29 is 17.2 Å². The Balaban J connectivity index is 1.98. The third kappa shape index (κ3) is 2.56. The predicted octanol–water partition coefficient (Wildman–Crippen LogP) is 3.55. The van der Waals surface area contributed by atoms with Crippen molar-refractivity contribution in [3.63, 3.8) is 0 Å². The molecule has 3 nitrogen and oxygen atoms in total. The average molecular weight is 329 g/mol. The van der Waals surface area contributed by atoms with Gasteiger partial charge in [-0.05, 0) is 48.3 Å². The van der Waals surface area contributed by atoms with E-state index in [0.29, 0.717) is 6.54 Å². The second-order valence-corrected chi connectivity index (χ2v) is 9.73. The van der Waals surface area contributed by atoms with Gasteiger partial charge >= 0.3 is 0 Å². The van der Waals surface area contributed by atoms with E-state index in [4.69, 9.17) is 0 Å². The van der Waals surface area contributed by atoms with Gasteiger partial charge in [-0.3, -0.25) is 0 Å². The molecule has 0 unspecified atom stereocenters. The van der Waals surface area contributed by atoms with Crippen LogP contribution in [0.1, 0.15) is 40.0 Å². The summed E-state index contributed by atoms with van der Waals surface area (Å²) in [7, 11) is -3.79. The third-order valence-corrected chi connectivity index (χ3v) is 6.76. The summed E-state index contributed by atoms with van der Waals surface area (Å²) in [5, 5.41) is 0. The molecule has 2 bridgehead atoms. The smallest absolute Gasteiger partial charge is 0.207 e. The number of sulfonamides is 1. The van der Waals surface area contributed by atoms with E-state index in [1.807, 2.05) is 0 Å². The Kier molecular flexibility index (Phi) is 3.42. The minimum Gasteiger partial charge on any atom is -0.207 e. The van der Waals surface area contributed by atoms with Crippen LogP contribution in [0.25, 0.3) is 0 Å². The van der Waals surface area contributed by atoms with Crippen LogP contribution in [0.15, 0.2) is 23.1 Å². The predicted molar refractivity (Wildman–Crippen MR) is 79.8 cm³/mol. The fraction of sp³-hybridized carbons (Fsp3) is 0.625. The van der Waals surface area contributed by atoms with Crippen LogP contribution < -0.4 is 0 Å². The summed E-state index contributed by atoms with van der Waals surface area (Å²) in [6.07, 6.45) is 2.60. The van der Waals surface area contributed by atoms with E-state index in [1.165, 1.54) is 4.31 Å². The Hall–Kier alpha value is -1.01. The van der Waals surface area contributed by atoms with Gasteiger partial charge in [-0.25, -0.2) is 17.2 Å². The van der Waals surface area contributed by atoms with Crippen LogP contribution >= 0.6 is 0 Å². The number of fused-ring (bicyclic) bond motifs is 2. The molecular formula is C16H21F2NO2S. The topological polar surface area (TPSA) is 37.4 Å². The number of hydrogen-bond acceptors (Lipinski definition) is 2. The van der Waals surface area contributed by atoms with Crippen LogP contribution in [0.5, 0.6) is 0 Å². The number of rotatable bonds is 2. The summed E-state index contributed by atoms with van der Waals surface area (Å²) in [6, 6.07) is 2.73. The molecule has 3 rings (SSSR count). The van der Waals surface area contributed by atoms with Crippen LogP contribution in [0.2, 0.25) is 0 Å². The molecule has 0 N–H and O–H groups in total. The number of nitrogens with zero attached hydrogens (tertiary/aromatic N) is 1. The van der Waals surface area contributed by atoms with Crippen molar-refractivity contribution in [1.29, 1.82) is 0 Å². The lowest BCUT2D eigenvalue weighted by atomic mass is 9.65. The maximum absolute atomic E-state index is 13.4. The first-order chi connectivity index (χ1) is 10.0. The van der Waals surface area contributed by atoms with Gasteiger partial charge in [0.05, 0.1) is 4.90 Å². The first-order valence-corrected chi connectivity index (χ1v) is 8.93. The molecule has 1 aliphatic carbocycles. The highest BCUT2D eigenvalue weighted by atomic mass is 32.2. The van der Waals surface area contributed by atoms with Gasteiger partial charge in [0, 0.05) is 12.6 Å². The molecule has 0 amide bonds. The summed E-state index contributed by atoms with van der Waals surface area (Å²) in [6.45, 7) is 6.88. The second kappa shape index (κ2) is 4.74. The first kappa shape index (κ1) is 15.9. The maximum Gasteiger partial charge on any atom is 0.243 e. The zero-order chi connectivity index (χ0) is 16.3. The standard InChI is InChI=1S/C16H21F2NO2S/c1-15(2)7-11-8-16(3,9-15)10-19(11)22(20,21)12-4-5-13(17)14(18)6-12/h4-6,11H,7-10H2,1-3H3/t11-,16+/m1/s1. The quantitative estimate of drug-likeness (QED) is 0.832. The highest BCUT2D eigenvalue weighted by molar-refractivity contribution is 7.89. The van der Waals surface area contributed by atoms with Crippen molar-refractivity contribution in [3.05, 3.63) is 29.8 Å². The minimum absolute atomic E-state index is 0.0436. The van der Waals surface area contributed by atoms with Crippen LogP contribution in [-0.2, 0) is 10.0 Å². The lowest BCUT2D eigenvalue weighted by Gasteiger charge is -2.39. The minimum atomic E-state index is -3.79. The van der Waals surface area contributed by atoms with E-state index in [-0.39, 0.29) is 21.8 Å². The van der Waals surface area contributed by atoms with Gasteiger partial charge in [-0.2, -0.15) is 4.31 Å². The van der Waals surface area contributed by atoms with E-state index >= 15 is 0 Å². The SMILES string of the molecule is CC1(C)C[C@@H]2C[C@](C)(CN2S(=O)(=O)c2ccc(F)c(F)c2)C1. The van der Waals surface area contributed by atoms with E-state index in [9.17, 15) is 17.2 Å². The van der Waals surface area contributed by atoms with Crippen molar-refractivity contribution in [2.75, 3.05) is 6.54 Å². The lowest BCUT2D eigenvalue weighted by Crippen LogP contribution is -2.37. The summed E-state index contributed by atoms with van der Waals surface area (Å²) >= 11 is 0. The molecule has 22 heavy (non-hydrogen) atoms. The third-order valence-electron chi connectivity index (χ3n) is 4.86. The second-order valence-electron chi connectivity index (χ2n) is 7.84. The van der Waals surface area contributed by atoms with E-state index in [2.05, 4.69) is 20.8 Å². The summed E-state index contributed by atoms with van der Waals surface area (Å²) < 4.78 is 53.6. The summed E-state index contributed by atoms with van der Waals surface area (Å²) in [4.78, 5) is -0.166. The summed E-state index contributed by atoms with van der Waals surface area (Å²) in [5.74, 6) is -2.16. The number of halogens is 2. The van der Waals surface area contributed by atoms with Crippen LogP contribution in [0.4, 0.5) is 8.78 Å². The van der Waals surface area contributed by atoms with Crippen molar-refractivity contribution >= 4 is 10.0 Å². The largest absolute Gasteiger partial charge is 0.243 e. The first-order valence-electron chi connectivity index (χ1n) is 7.49. The van der Waals surface area contributed by atoms with Gasteiger partial charge in [0.15, 0.2) is 11.6 Å². The molecule has 1 saturated carbocycles. The Morgan fingerprint density at radius 2 is 1.82 bits per heavy atom. The molecule has 6 heteroatoms. The zero-order valence-corrected chi connectivity index (χ0v) is 13.9. The molecule has 2 aliphatic rings. The van der Waals surface area contributed by atoms with Gasteiger partial charge < -0.3 is 0 Å². The molecule has 0 spiro atoms. The Morgan fingerprint density at radius 1 is 1.14 bits per heavy atom. The van der Waals surface area contributed by atoms with E-state index in [0.717, 1.165) is 37.5 Å². The molecule has 1 saturated heterocycles. The van der Waals surface area contributed by atoms with Crippen molar-refractivity contribution in [1.82, 2.24) is 4.31 Å². The Bertz CT molecular complexity index is 717. The molecule has 2 atom stereocenters. The molecule has 1 aliphatic heterocycles. The van der Waals surface area contributed by atoms with Gasteiger partial charge in [0.1, 0.15) is 0 Å². The van der Waals surface area contributed by atoms with E-state index in [1.54, 1.807) is 0 Å². The zero-order valence-electron chi connectivity index (χ0n) is 13.1. The lowest BCUT2D eigenvalue weighted by molar-refractivity contribution is 0.133. The fourth-order valence-electron chi connectivity index (χ4n) is 4.46.